The first-order valence-corrected chi connectivity index (χ1v) is 5.48. The molecule has 2 aromatic carbocycles. The quantitative estimate of drug-likeness (QED) is 0.385. The van der Waals surface area contributed by atoms with Crippen molar-refractivity contribution in [2.75, 3.05) is 5.73 Å². The van der Waals surface area contributed by atoms with Gasteiger partial charge in [0.15, 0.2) is 0 Å². The molecule has 0 aliphatic heterocycles. The van der Waals surface area contributed by atoms with Crippen LogP contribution in [0.2, 0.25) is 0 Å². The maximum absolute atomic E-state index is 5.66. The van der Waals surface area contributed by atoms with Crippen LogP contribution < -0.4 is 5.73 Å². The Labute approximate surface area is 110 Å². The number of anilines is 1. The van der Waals surface area contributed by atoms with Gasteiger partial charge in [-0.2, -0.15) is 12.1 Å². The van der Waals surface area contributed by atoms with Crippen molar-refractivity contribution in [3.05, 3.63) is 66.7 Å². The summed E-state index contributed by atoms with van der Waals surface area (Å²) in [6, 6.07) is 15.9. The summed E-state index contributed by atoms with van der Waals surface area (Å²) in [4.78, 5) is 0. The number of nitrogen functional groups attached to an aromatic ring is 1. The van der Waals surface area contributed by atoms with Gasteiger partial charge < -0.3 is 36.1 Å². The average molecular weight is 273 g/mol. The second-order valence-corrected chi connectivity index (χ2v) is 3.88. The van der Waals surface area contributed by atoms with Crippen LogP contribution in [0.15, 0.2) is 61.2 Å². The van der Waals surface area contributed by atoms with E-state index in [0.29, 0.717) is 0 Å². The van der Waals surface area contributed by atoms with Crippen molar-refractivity contribution in [3.8, 4) is 0 Å². The van der Waals surface area contributed by atoms with Gasteiger partial charge in [0.25, 0.3) is 0 Å². The molecule has 0 aliphatic rings. The maximum Gasteiger partial charge on any atom is 0 e. The number of nitrogens with two attached hydrogens (primary N) is 1. The molecule has 2 aromatic rings. The van der Waals surface area contributed by atoms with Gasteiger partial charge in [-0.1, -0.05) is 11.8 Å². The number of allylic oxidation sites excluding steroid dienone is 1. The molecule has 3 heteroatoms. The molecule has 2 atom stereocenters. The van der Waals surface area contributed by atoms with Crippen LogP contribution >= 0.6 is 9.24 Å². The third kappa shape index (κ3) is 4.81. The molecule has 0 saturated carbocycles. The molecule has 0 bridgehead atoms. The minimum atomic E-state index is 0. The summed E-state index contributed by atoms with van der Waals surface area (Å²) in [6.45, 7) is 3.68. The minimum absolute atomic E-state index is 0. The van der Waals surface area contributed by atoms with Gasteiger partial charge in [-0.05, 0) is 5.66 Å². The molecule has 0 amide bonds. The molecule has 16 heavy (non-hydrogen) atoms. The van der Waals surface area contributed by atoms with Gasteiger partial charge in [-0.15, -0.1) is 21.4 Å². The Balaban J connectivity index is 0.000000318. The van der Waals surface area contributed by atoms with Crippen LogP contribution in [0.4, 0.5) is 5.69 Å². The van der Waals surface area contributed by atoms with Gasteiger partial charge in [0.05, 0.1) is 0 Å². The van der Waals surface area contributed by atoms with Crippen LogP contribution in [0.25, 0.3) is 0 Å². The van der Waals surface area contributed by atoms with Crippen molar-refractivity contribution < 1.29 is 17.1 Å². The van der Waals surface area contributed by atoms with E-state index in [2.05, 4.69) is 15.8 Å². The Hall–Kier alpha value is -0.811. The zero-order chi connectivity index (χ0) is 11.1. The second kappa shape index (κ2) is 8.35. The monoisotopic (exact) mass is 273 g/mol. The molecule has 2 rings (SSSR count). The summed E-state index contributed by atoms with van der Waals surface area (Å²) in [5, 5.41) is 0. The third-order valence-electron chi connectivity index (χ3n) is 2.05. The number of rotatable bonds is 2. The fourth-order valence-corrected chi connectivity index (χ4v) is 1.50. The van der Waals surface area contributed by atoms with Crippen molar-refractivity contribution in [1.82, 2.24) is 0 Å². The molecule has 0 saturated heterocycles. The standard InChI is InChI=1S/C8H11NP.C5H5.Fe/c1-2-8(10)6-4-3-5-7(6)9;1-2-4-5-3-1;/h2-5,8H,1,9-10H2;1-5H;/q-1;-5;. The van der Waals surface area contributed by atoms with E-state index in [-0.39, 0.29) is 22.7 Å². The Bertz CT molecular complexity index is 361. The van der Waals surface area contributed by atoms with Gasteiger partial charge >= 0.3 is 0 Å². The van der Waals surface area contributed by atoms with E-state index in [4.69, 9.17) is 5.73 Å². The summed E-state index contributed by atoms with van der Waals surface area (Å²) >= 11 is 0. The molecule has 0 heterocycles. The van der Waals surface area contributed by atoms with Gasteiger partial charge in [0.1, 0.15) is 0 Å². The molecule has 0 spiro atoms. The molecule has 0 fully saturated rings. The van der Waals surface area contributed by atoms with Crippen LogP contribution in [-0.2, 0) is 17.1 Å². The Morgan fingerprint density at radius 2 is 1.81 bits per heavy atom. The van der Waals surface area contributed by atoms with Crippen LogP contribution in [-0.4, -0.2) is 0 Å². The Kier molecular flexibility index (Phi) is 7.93. The average Bonchev–Trinajstić information content (AvgIpc) is 2.89. The summed E-state index contributed by atoms with van der Waals surface area (Å²) < 4.78 is 0. The van der Waals surface area contributed by atoms with Crippen LogP contribution in [0.1, 0.15) is 11.2 Å². The normalized spacial score (nSPS) is 10.6. The molecule has 0 aromatic heterocycles. The predicted octanol–water partition coefficient (Wildman–Crippen LogP) is 3.49. The fraction of sp³-hybridized carbons (Fsp3) is 0.0769. The minimum Gasteiger partial charge on any atom is -0.748 e. The van der Waals surface area contributed by atoms with Crippen molar-refractivity contribution >= 4 is 14.9 Å². The Morgan fingerprint density at radius 1 is 1.31 bits per heavy atom. The van der Waals surface area contributed by atoms with Gasteiger partial charge in [0, 0.05) is 17.1 Å². The molecular formula is C13H16FeNP-6. The molecular weight excluding hydrogens is 257 g/mol. The Morgan fingerprint density at radius 3 is 2.12 bits per heavy atom. The third-order valence-corrected chi connectivity index (χ3v) is 2.68. The fourth-order valence-electron chi connectivity index (χ4n) is 1.20. The smallest absolute Gasteiger partial charge is 0 e. The molecule has 2 unspecified atom stereocenters. The van der Waals surface area contributed by atoms with Gasteiger partial charge in [0.2, 0.25) is 0 Å². The molecule has 0 aliphatic carbocycles. The summed E-state index contributed by atoms with van der Waals surface area (Å²) in [7, 11) is 2.68. The van der Waals surface area contributed by atoms with Crippen molar-refractivity contribution in [2.45, 2.75) is 5.66 Å². The van der Waals surface area contributed by atoms with E-state index in [9.17, 15) is 0 Å². The molecule has 2 N–H and O–H groups in total. The molecule has 1 nitrogen and oxygen atoms in total. The first kappa shape index (κ1) is 15.2. The van der Waals surface area contributed by atoms with Crippen molar-refractivity contribution in [3.63, 3.8) is 0 Å². The van der Waals surface area contributed by atoms with E-state index in [0.717, 1.165) is 11.3 Å². The molecule has 92 valence electrons. The predicted molar refractivity (Wildman–Crippen MR) is 71.1 cm³/mol. The van der Waals surface area contributed by atoms with Crippen LogP contribution in [0.3, 0.4) is 0 Å². The van der Waals surface area contributed by atoms with E-state index < -0.39 is 0 Å². The zero-order valence-corrected chi connectivity index (χ0v) is 11.2. The largest absolute Gasteiger partial charge is 0.748 e. The number of hydrogen-bond acceptors (Lipinski definition) is 1. The van der Waals surface area contributed by atoms with Gasteiger partial charge in [-0.25, -0.2) is 6.07 Å². The second-order valence-electron chi connectivity index (χ2n) is 3.16. The number of hydrogen-bond donors (Lipinski definition) is 1. The van der Waals surface area contributed by atoms with Crippen molar-refractivity contribution in [2.24, 2.45) is 0 Å². The summed E-state index contributed by atoms with van der Waals surface area (Å²) in [6.07, 6.45) is 1.86. The first-order chi connectivity index (χ1) is 7.25. The van der Waals surface area contributed by atoms with Gasteiger partial charge in [-0.3, -0.25) is 0 Å². The molecule has 0 radical (unpaired) electrons. The van der Waals surface area contributed by atoms with Crippen molar-refractivity contribution in [1.29, 1.82) is 0 Å². The van der Waals surface area contributed by atoms with E-state index >= 15 is 0 Å². The summed E-state index contributed by atoms with van der Waals surface area (Å²) in [5.41, 5.74) is 7.93. The maximum atomic E-state index is 5.66. The topological polar surface area (TPSA) is 26.0 Å². The summed E-state index contributed by atoms with van der Waals surface area (Å²) in [5.74, 6) is 0. The van der Waals surface area contributed by atoms with E-state index in [1.807, 2.05) is 54.6 Å². The van der Waals surface area contributed by atoms with E-state index in [1.165, 1.54) is 0 Å². The zero-order valence-electron chi connectivity index (χ0n) is 8.99. The van der Waals surface area contributed by atoms with E-state index in [1.54, 1.807) is 0 Å². The first-order valence-electron chi connectivity index (χ1n) is 4.81. The van der Waals surface area contributed by atoms with Crippen LogP contribution in [0.5, 0.6) is 0 Å². The SMILES string of the molecule is C=CC(P)[c-]1cccc1N.[Fe].[cH-]1[cH-][cH-][cH-][cH-]1. The van der Waals surface area contributed by atoms with Crippen LogP contribution in [0, 0.1) is 0 Å².